The smallest absolute Gasteiger partial charge is 0.255 e. The number of carbonyl (C=O) groups excluding carboxylic acids is 1. The van der Waals surface area contributed by atoms with Crippen LogP contribution in [-0.2, 0) is 19.5 Å². The average Bonchev–Trinajstić information content (AvgIpc) is 2.79. The zero-order valence-electron chi connectivity index (χ0n) is 13.0. The number of methoxy groups -OCH3 is 1. The third-order valence-corrected chi connectivity index (χ3v) is 4.00. The molecule has 0 spiro atoms. The number of benzene rings is 1. The number of fused-ring (bicyclic) bond motifs is 1. The first-order valence-electron chi connectivity index (χ1n) is 7.71. The minimum Gasteiger partial charge on any atom is -0.496 e. The number of hydrogen-bond acceptors (Lipinski definition) is 4. The third-order valence-electron chi connectivity index (χ3n) is 4.00. The normalized spacial score (nSPS) is 14.0. The first kappa shape index (κ1) is 15.5. The molecule has 23 heavy (non-hydrogen) atoms. The molecule has 0 atom stereocenters. The summed E-state index contributed by atoms with van der Waals surface area (Å²) >= 11 is 0. The molecular weight excluding hydrogens is 299 g/mol. The molecule has 3 rings (SSSR count). The Balaban J connectivity index is 1.73. The van der Waals surface area contributed by atoms with Crippen molar-refractivity contribution >= 4 is 5.91 Å². The van der Waals surface area contributed by atoms with Gasteiger partial charge in [0.2, 0.25) is 0 Å². The monoisotopic (exact) mass is 318 g/mol. The van der Waals surface area contributed by atoms with Gasteiger partial charge in [0.1, 0.15) is 17.4 Å². The van der Waals surface area contributed by atoms with E-state index >= 15 is 0 Å². The molecule has 7 heteroatoms. The van der Waals surface area contributed by atoms with Gasteiger partial charge in [-0.2, -0.15) is 0 Å². The first-order chi connectivity index (χ1) is 11.2. The lowest BCUT2D eigenvalue weighted by Crippen LogP contribution is -2.25. The van der Waals surface area contributed by atoms with Crippen LogP contribution in [0.1, 0.15) is 41.3 Å². The van der Waals surface area contributed by atoms with Crippen molar-refractivity contribution in [3.63, 3.8) is 0 Å². The molecule has 0 unspecified atom stereocenters. The highest BCUT2D eigenvalue weighted by Crippen LogP contribution is 2.19. The molecule has 0 aliphatic carbocycles. The summed E-state index contributed by atoms with van der Waals surface area (Å²) in [5.74, 6) is 1.16. The van der Waals surface area contributed by atoms with E-state index in [4.69, 9.17) is 4.74 Å². The summed E-state index contributed by atoms with van der Waals surface area (Å²) < 4.78 is 20.5. The highest BCUT2D eigenvalue weighted by atomic mass is 19.1. The summed E-state index contributed by atoms with van der Waals surface area (Å²) in [6.45, 7) is 1.13. The third kappa shape index (κ3) is 3.33. The van der Waals surface area contributed by atoms with Gasteiger partial charge in [-0.05, 0) is 31.0 Å². The zero-order chi connectivity index (χ0) is 16.2. The Morgan fingerprint density at radius 1 is 1.35 bits per heavy atom. The Bertz CT molecular complexity index is 714. The Kier molecular flexibility index (Phi) is 4.55. The fourth-order valence-corrected chi connectivity index (χ4v) is 2.79. The largest absolute Gasteiger partial charge is 0.496 e. The number of rotatable bonds is 4. The van der Waals surface area contributed by atoms with Crippen LogP contribution in [0.15, 0.2) is 18.2 Å². The van der Waals surface area contributed by atoms with E-state index in [1.807, 2.05) is 0 Å². The number of nitrogens with zero attached hydrogens (tertiary/aromatic N) is 3. The summed E-state index contributed by atoms with van der Waals surface area (Å²) in [5.41, 5.74) is 0.170. The topological polar surface area (TPSA) is 69.0 Å². The molecule has 1 aromatic heterocycles. The summed E-state index contributed by atoms with van der Waals surface area (Å²) in [7, 11) is 1.45. The predicted octanol–water partition coefficient (Wildman–Crippen LogP) is 2.08. The van der Waals surface area contributed by atoms with Gasteiger partial charge in [0.05, 0.1) is 19.2 Å². The van der Waals surface area contributed by atoms with Crippen LogP contribution < -0.4 is 10.1 Å². The Morgan fingerprint density at radius 3 is 3.04 bits per heavy atom. The SMILES string of the molecule is COc1ccc(F)cc1C(=O)NCc1nnc2n1CCCCC2. The second-order valence-corrected chi connectivity index (χ2v) is 5.52. The van der Waals surface area contributed by atoms with Crippen molar-refractivity contribution in [2.75, 3.05) is 7.11 Å². The average molecular weight is 318 g/mol. The van der Waals surface area contributed by atoms with Crippen molar-refractivity contribution in [1.29, 1.82) is 0 Å². The van der Waals surface area contributed by atoms with E-state index in [0.29, 0.717) is 5.75 Å². The second kappa shape index (κ2) is 6.76. The lowest BCUT2D eigenvalue weighted by molar-refractivity contribution is 0.0946. The number of aromatic nitrogens is 3. The molecule has 1 amide bonds. The molecule has 0 fully saturated rings. The highest BCUT2D eigenvalue weighted by Gasteiger charge is 2.17. The number of aryl methyl sites for hydroxylation is 1. The molecule has 0 radical (unpaired) electrons. The van der Waals surface area contributed by atoms with Crippen LogP contribution in [0.4, 0.5) is 4.39 Å². The number of hydrogen-bond donors (Lipinski definition) is 1. The van der Waals surface area contributed by atoms with Gasteiger partial charge in [0.25, 0.3) is 5.91 Å². The van der Waals surface area contributed by atoms with Crippen molar-refractivity contribution in [2.24, 2.45) is 0 Å². The van der Waals surface area contributed by atoms with E-state index in [2.05, 4.69) is 20.1 Å². The fourth-order valence-electron chi connectivity index (χ4n) is 2.79. The minimum absolute atomic E-state index is 0.170. The summed E-state index contributed by atoms with van der Waals surface area (Å²) in [4.78, 5) is 12.3. The van der Waals surface area contributed by atoms with Gasteiger partial charge in [-0.25, -0.2) is 4.39 Å². The molecule has 2 heterocycles. The maximum atomic E-state index is 13.4. The fraction of sp³-hybridized carbons (Fsp3) is 0.438. The molecule has 1 N–H and O–H groups in total. The number of carbonyl (C=O) groups is 1. The van der Waals surface area contributed by atoms with Crippen LogP contribution in [0, 0.1) is 5.82 Å². The number of nitrogens with one attached hydrogen (secondary N) is 1. The van der Waals surface area contributed by atoms with Crippen molar-refractivity contribution in [3.05, 3.63) is 41.2 Å². The molecule has 1 aromatic carbocycles. The standard InChI is InChI=1S/C16H19FN4O2/c1-23-13-7-6-11(17)9-12(13)16(22)18-10-15-20-19-14-5-3-2-4-8-21(14)15/h6-7,9H,2-5,8,10H2,1H3,(H,18,22). The lowest BCUT2D eigenvalue weighted by atomic mass is 10.2. The quantitative estimate of drug-likeness (QED) is 0.937. The molecule has 2 aromatic rings. The van der Waals surface area contributed by atoms with Gasteiger partial charge in [0, 0.05) is 13.0 Å². The van der Waals surface area contributed by atoms with Crippen molar-refractivity contribution in [3.8, 4) is 5.75 Å². The molecule has 0 bridgehead atoms. The Morgan fingerprint density at radius 2 is 2.22 bits per heavy atom. The van der Waals surface area contributed by atoms with Gasteiger partial charge in [-0.15, -0.1) is 10.2 Å². The van der Waals surface area contributed by atoms with E-state index in [0.717, 1.165) is 37.5 Å². The maximum Gasteiger partial charge on any atom is 0.255 e. The van der Waals surface area contributed by atoms with Crippen LogP contribution in [0.25, 0.3) is 0 Å². The van der Waals surface area contributed by atoms with Crippen LogP contribution in [-0.4, -0.2) is 27.8 Å². The van der Waals surface area contributed by atoms with Crippen LogP contribution >= 0.6 is 0 Å². The first-order valence-corrected chi connectivity index (χ1v) is 7.71. The van der Waals surface area contributed by atoms with Crippen molar-refractivity contribution in [2.45, 2.75) is 38.8 Å². The van der Waals surface area contributed by atoms with E-state index < -0.39 is 11.7 Å². The van der Waals surface area contributed by atoms with Crippen molar-refractivity contribution in [1.82, 2.24) is 20.1 Å². The van der Waals surface area contributed by atoms with E-state index in [-0.39, 0.29) is 12.1 Å². The predicted molar refractivity (Wildman–Crippen MR) is 81.7 cm³/mol. The molecular formula is C16H19FN4O2. The Hall–Kier alpha value is -2.44. The van der Waals surface area contributed by atoms with Crippen LogP contribution in [0.3, 0.4) is 0 Å². The molecule has 0 saturated heterocycles. The van der Waals surface area contributed by atoms with Gasteiger partial charge in [-0.1, -0.05) is 6.42 Å². The van der Waals surface area contributed by atoms with Crippen molar-refractivity contribution < 1.29 is 13.9 Å². The maximum absolute atomic E-state index is 13.4. The molecule has 1 aliphatic heterocycles. The summed E-state index contributed by atoms with van der Waals surface area (Å²) in [6.07, 6.45) is 4.29. The van der Waals surface area contributed by atoms with E-state index in [1.165, 1.54) is 31.7 Å². The number of halogens is 1. The number of ether oxygens (including phenoxy) is 1. The van der Waals surface area contributed by atoms with Gasteiger partial charge in [-0.3, -0.25) is 4.79 Å². The van der Waals surface area contributed by atoms with Gasteiger partial charge >= 0.3 is 0 Å². The van der Waals surface area contributed by atoms with E-state index in [9.17, 15) is 9.18 Å². The minimum atomic E-state index is -0.479. The van der Waals surface area contributed by atoms with Gasteiger partial charge in [0.15, 0.2) is 5.82 Å². The van der Waals surface area contributed by atoms with E-state index in [1.54, 1.807) is 0 Å². The van der Waals surface area contributed by atoms with Gasteiger partial charge < -0.3 is 14.6 Å². The molecule has 0 saturated carbocycles. The van der Waals surface area contributed by atoms with Crippen LogP contribution in [0.5, 0.6) is 5.75 Å². The molecule has 1 aliphatic rings. The lowest BCUT2D eigenvalue weighted by Gasteiger charge is -2.10. The zero-order valence-corrected chi connectivity index (χ0v) is 13.0. The summed E-state index contributed by atoms with van der Waals surface area (Å²) in [5, 5.41) is 11.1. The number of amides is 1. The van der Waals surface area contributed by atoms with Crippen LogP contribution in [0.2, 0.25) is 0 Å². The summed E-state index contributed by atoms with van der Waals surface area (Å²) in [6, 6.07) is 3.86. The second-order valence-electron chi connectivity index (χ2n) is 5.52. The Labute approximate surface area is 133 Å². The molecule has 122 valence electrons. The molecule has 6 nitrogen and oxygen atoms in total. The highest BCUT2D eigenvalue weighted by molar-refractivity contribution is 5.96.